The van der Waals surface area contributed by atoms with E-state index in [9.17, 15) is 5.11 Å². The largest absolute Gasteiger partial charge is 0.493 e. The van der Waals surface area contributed by atoms with Crippen LogP contribution < -0.4 is 9.47 Å². The van der Waals surface area contributed by atoms with Gasteiger partial charge in [0.25, 0.3) is 0 Å². The van der Waals surface area contributed by atoms with Crippen molar-refractivity contribution in [3.63, 3.8) is 0 Å². The molecule has 0 amide bonds. The molecule has 0 bridgehead atoms. The molecule has 1 heterocycles. The number of hydrogen-bond donors (Lipinski definition) is 1. The number of likely N-dealkylation sites (tertiary alicyclic amines) is 1. The van der Waals surface area contributed by atoms with Crippen LogP contribution in [0.25, 0.3) is 0 Å². The van der Waals surface area contributed by atoms with Gasteiger partial charge in [0.05, 0.1) is 20.3 Å². The van der Waals surface area contributed by atoms with Gasteiger partial charge in [-0.15, -0.1) is 0 Å². The van der Waals surface area contributed by atoms with Crippen LogP contribution in [-0.2, 0) is 5.41 Å². The van der Waals surface area contributed by atoms with Crippen LogP contribution >= 0.6 is 0 Å². The van der Waals surface area contributed by atoms with Crippen molar-refractivity contribution in [3.8, 4) is 11.5 Å². The predicted molar refractivity (Wildman–Crippen MR) is 82.0 cm³/mol. The number of nitrogens with zero attached hydrogens (tertiary/aromatic N) is 1. The van der Waals surface area contributed by atoms with E-state index in [0.29, 0.717) is 6.04 Å². The Kier molecular flexibility index (Phi) is 3.68. The molecule has 0 spiro atoms. The molecule has 1 aliphatic heterocycles. The van der Waals surface area contributed by atoms with Crippen molar-refractivity contribution in [2.75, 3.05) is 27.8 Å². The third kappa shape index (κ3) is 2.23. The summed E-state index contributed by atoms with van der Waals surface area (Å²) >= 11 is 0. The summed E-state index contributed by atoms with van der Waals surface area (Å²) in [6.45, 7) is 1.04. The lowest BCUT2D eigenvalue weighted by Crippen LogP contribution is -2.44. The number of aliphatic hydroxyl groups excluding tert-OH is 1. The Morgan fingerprint density at radius 2 is 2.00 bits per heavy atom. The van der Waals surface area contributed by atoms with Crippen LogP contribution in [0.3, 0.4) is 0 Å². The summed E-state index contributed by atoms with van der Waals surface area (Å²) in [6, 6.07) is 6.50. The van der Waals surface area contributed by atoms with Gasteiger partial charge in [0.15, 0.2) is 11.5 Å². The smallest absolute Gasteiger partial charge is 0.161 e. The van der Waals surface area contributed by atoms with Gasteiger partial charge in [-0.2, -0.15) is 0 Å². The third-order valence-corrected chi connectivity index (χ3v) is 5.01. The van der Waals surface area contributed by atoms with Gasteiger partial charge >= 0.3 is 0 Å². The summed E-state index contributed by atoms with van der Waals surface area (Å²) in [5.74, 6) is 1.51. The maximum Gasteiger partial charge on any atom is 0.161 e. The Balaban J connectivity index is 2.07. The fourth-order valence-electron chi connectivity index (χ4n) is 3.81. The van der Waals surface area contributed by atoms with E-state index in [4.69, 9.17) is 9.47 Å². The summed E-state index contributed by atoms with van der Waals surface area (Å²) in [5, 5.41) is 9.96. The molecule has 1 aromatic carbocycles. The van der Waals surface area contributed by atoms with Gasteiger partial charge in [-0.25, -0.2) is 0 Å². The van der Waals surface area contributed by atoms with E-state index < -0.39 is 0 Å². The van der Waals surface area contributed by atoms with Crippen molar-refractivity contribution in [2.24, 2.45) is 0 Å². The number of aliphatic hydroxyl groups is 1. The molecule has 0 aromatic heterocycles. The van der Waals surface area contributed by atoms with Gasteiger partial charge in [0.1, 0.15) is 0 Å². The first-order valence-electron chi connectivity index (χ1n) is 7.41. The van der Waals surface area contributed by atoms with Crippen LogP contribution in [0.2, 0.25) is 0 Å². The number of benzene rings is 1. The van der Waals surface area contributed by atoms with Crippen molar-refractivity contribution >= 4 is 0 Å². The lowest BCUT2D eigenvalue weighted by molar-refractivity contribution is 0.137. The highest BCUT2D eigenvalue weighted by atomic mass is 16.5. The molecule has 0 saturated carbocycles. The summed E-state index contributed by atoms with van der Waals surface area (Å²) in [7, 11) is 5.45. The standard InChI is InChI=1S/C17H23NO3/c1-18-9-8-17(7-6-13(19)11-16(17)18)12-4-5-14(20-2)15(10-12)21-3/h4-7,10,13,16,19H,8-9,11H2,1-3H3/t13?,16-,17-/m0/s1. The Bertz CT molecular complexity index is 557. The molecule has 4 nitrogen and oxygen atoms in total. The van der Waals surface area contributed by atoms with Crippen molar-refractivity contribution in [1.82, 2.24) is 4.90 Å². The number of ether oxygens (including phenoxy) is 2. The lowest BCUT2D eigenvalue weighted by atomic mass is 9.69. The highest BCUT2D eigenvalue weighted by molar-refractivity contribution is 5.48. The summed E-state index contributed by atoms with van der Waals surface area (Å²) in [6.07, 6.45) is 5.63. The zero-order chi connectivity index (χ0) is 15.0. The highest BCUT2D eigenvalue weighted by Gasteiger charge is 2.48. The van der Waals surface area contributed by atoms with Crippen molar-refractivity contribution in [1.29, 1.82) is 0 Å². The first-order valence-corrected chi connectivity index (χ1v) is 7.41. The molecule has 1 aromatic rings. The molecule has 0 radical (unpaired) electrons. The minimum absolute atomic E-state index is 0.0342. The normalized spacial score (nSPS) is 32.0. The van der Waals surface area contributed by atoms with Gasteiger partial charge < -0.3 is 19.5 Å². The molecule has 2 aliphatic rings. The summed E-state index contributed by atoms with van der Waals surface area (Å²) in [5.41, 5.74) is 1.20. The quantitative estimate of drug-likeness (QED) is 0.864. The minimum atomic E-state index is -0.344. The second kappa shape index (κ2) is 5.35. The Hall–Kier alpha value is -1.52. The monoisotopic (exact) mass is 289 g/mol. The van der Waals surface area contributed by atoms with Crippen LogP contribution in [0, 0.1) is 0 Å². The van der Waals surface area contributed by atoms with Crippen molar-refractivity contribution < 1.29 is 14.6 Å². The molecule has 1 unspecified atom stereocenters. The summed E-state index contributed by atoms with van der Waals surface area (Å²) < 4.78 is 10.8. The van der Waals surface area contributed by atoms with E-state index in [0.717, 1.165) is 30.9 Å². The SMILES string of the molecule is COc1ccc([C@@]23C=CC(O)C[C@@H]2N(C)CC3)cc1OC. The molecule has 3 rings (SSSR count). The molecular formula is C17H23NO3. The second-order valence-electron chi connectivity index (χ2n) is 6.02. The van der Waals surface area contributed by atoms with Crippen LogP contribution in [0.4, 0.5) is 0 Å². The number of fused-ring (bicyclic) bond motifs is 1. The zero-order valence-electron chi connectivity index (χ0n) is 12.9. The molecule has 4 heteroatoms. The topological polar surface area (TPSA) is 41.9 Å². The maximum atomic E-state index is 9.96. The maximum absolute atomic E-state index is 9.96. The Morgan fingerprint density at radius 1 is 1.24 bits per heavy atom. The fraction of sp³-hybridized carbons (Fsp3) is 0.529. The average Bonchev–Trinajstić information content (AvgIpc) is 2.85. The Labute approximate surface area is 126 Å². The van der Waals surface area contributed by atoms with Crippen LogP contribution in [0.5, 0.6) is 11.5 Å². The number of methoxy groups -OCH3 is 2. The van der Waals surface area contributed by atoms with Gasteiger partial charge in [-0.1, -0.05) is 18.2 Å². The lowest BCUT2D eigenvalue weighted by Gasteiger charge is -2.39. The third-order valence-electron chi connectivity index (χ3n) is 5.01. The van der Waals surface area contributed by atoms with E-state index >= 15 is 0 Å². The molecular weight excluding hydrogens is 266 g/mol. The zero-order valence-corrected chi connectivity index (χ0v) is 12.9. The molecule has 1 N–H and O–H groups in total. The van der Waals surface area contributed by atoms with Crippen molar-refractivity contribution in [2.45, 2.75) is 30.4 Å². The van der Waals surface area contributed by atoms with E-state index in [2.05, 4.69) is 30.2 Å². The van der Waals surface area contributed by atoms with E-state index in [1.807, 2.05) is 12.1 Å². The second-order valence-corrected chi connectivity index (χ2v) is 6.02. The molecule has 21 heavy (non-hydrogen) atoms. The molecule has 114 valence electrons. The first-order chi connectivity index (χ1) is 10.1. The van der Waals surface area contributed by atoms with Crippen molar-refractivity contribution in [3.05, 3.63) is 35.9 Å². The van der Waals surface area contributed by atoms with E-state index in [-0.39, 0.29) is 11.5 Å². The van der Waals surface area contributed by atoms with E-state index in [1.54, 1.807) is 14.2 Å². The van der Waals surface area contributed by atoms with E-state index in [1.165, 1.54) is 5.56 Å². The van der Waals surface area contributed by atoms with Crippen LogP contribution in [0.1, 0.15) is 18.4 Å². The molecule has 1 aliphatic carbocycles. The average molecular weight is 289 g/mol. The Morgan fingerprint density at radius 3 is 2.71 bits per heavy atom. The van der Waals surface area contributed by atoms with Crippen LogP contribution in [0.15, 0.2) is 30.4 Å². The number of likely N-dealkylation sites (N-methyl/N-ethyl adjacent to an activating group) is 1. The molecule has 3 atom stereocenters. The summed E-state index contributed by atoms with van der Waals surface area (Å²) in [4.78, 5) is 2.35. The molecule has 1 saturated heterocycles. The predicted octanol–water partition coefficient (Wildman–Crippen LogP) is 1.97. The minimum Gasteiger partial charge on any atom is -0.493 e. The van der Waals surface area contributed by atoms with Gasteiger partial charge in [0.2, 0.25) is 0 Å². The number of rotatable bonds is 3. The fourth-order valence-corrected chi connectivity index (χ4v) is 3.81. The molecule has 1 fully saturated rings. The highest BCUT2D eigenvalue weighted by Crippen LogP contribution is 2.46. The first kappa shape index (κ1) is 14.4. The van der Waals surface area contributed by atoms with Gasteiger partial charge in [-0.05, 0) is 44.1 Å². The number of hydrogen-bond acceptors (Lipinski definition) is 4. The van der Waals surface area contributed by atoms with Gasteiger partial charge in [-0.3, -0.25) is 0 Å². The van der Waals surface area contributed by atoms with Crippen LogP contribution in [-0.4, -0.2) is 50.0 Å². The van der Waals surface area contributed by atoms with Gasteiger partial charge in [0, 0.05) is 11.5 Å².